The van der Waals surface area contributed by atoms with Gasteiger partial charge in [0.2, 0.25) is 0 Å². The molecule has 1 aromatic heterocycles. The number of hydrogen-bond acceptors (Lipinski definition) is 4. The zero-order valence-electron chi connectivity index (χ0n) is 22.7. The SMILES string of the molecule is N=CC(NC(=O)c1ccc2c(C3CCCCC3)c3n(c2c1)CCOc1ccccc1-3)(c1ccc(O)cc1)C1CC1. The van der Waals surface area contributed by atoms with Gasteiger partial charge in [-0.15, -0.1) is 0 Å². The largest absolute Gasteiger partial charge is 0.508 e. The summed E-state index contributed by atoms with van der Waals surface area (Å²) in [5.41, 5.74) is 5.36. The zero-order chi connectivity index (χ0) is 27.3. The normalized spacial score (nSPS) is 18.6. The molecule has 0 spiro atoms. The summed E-state index contributed by atoms with van der Waals surface area (Å²) in [5, 5.41) is 22.7. The number of carbonyl (C=O) groups excluding carboxylic acids is 1. The summed E-state index contributed by atoms with van der Waals surface area (Å²) in [6.07, 6.45) is 9.44. The molecule has 1 unspecified atom stereocenters. The Hall–Kier alpha value is -4.06. The fourth-order valence-corrected chi connectivity index (χ4v) is 7.06. The number of ether oxygens (including phenoxy) is 1. The first-order valence-corrected chi connectivity index (χ1v) is 14.6. The standard InChI is InChI=1S/C34H35N3O3/c35-21-34(24-11-12-24,25-13-15-26(38)16-14-25)36-33(39)23-10-17-27-29(20-23)37-18-19-40-30-9-5-4-8-28(30)32(37)31(27)22-6-2-1-3-7-22/h4-5,8-10,13-17,20-22,24,35,38H,1-3,6-7,11-12,18-19H2,(H,36,39). The van der Waals surface area contributed by atoms with Crippen molar-refractivity contribution in [1.82, 2.24) is 9.88 Å². The topological polar surface area (TPSA) is 87.3 Å². The lowest BCUT2D eigenvalue weighted by atomic mass is 9.81. The van der Waals surface area contributed by atoms with Crippen LogP contribution in [0.1, 0.15) is 72.3 Å². The van der Waals surface area contributed by atoms with Crippen LogP contribution in [0.2, 0.25) is 0 Å². The number of carbonyl (C=O) groups is 1. The van der Waals surface area contributed by atoms with Gasteiger partial charge >= 0.3 is 0 Å². The first-order chi connectivity index (χ1) is 19.6. The first-order valence-electron chi connectivity index (χ1n) is 14.6. The van der Waals surface area contributed by atoms with Crippen LogP contribution in [0.15, 0.2) is 66.7 Å². The van der Waals surface area contributed by atoms with E-state index in [1.807, 2.05) is 30.3 Å². The van der Waals surface area contributed by atoms with Gasteiger partial charge in [0.25, 0.3) is 5.91 Å². The second-order valence-electron chi connectivity index (χ2n) is 11.6. The van der Waals surface area contributed by atoms with Gasteiger partial charge < -0.3 is 25.1 Å². The second-order valence-corrected chi connectivity index (χ2v) is 11.6. The number of hydrogen-bond donors (Lipinski definition) is 3. The Morgan fingerprint density at radius 3 is 2.52 bits per heavy atom. The Morgan fingerprint density at radius 1 is 1.00 bits per heavy atom. The molecule has 3 aromatic carbocycles. The molecule has 40 heavy (non-hydrogen) atoms. The first kappa shape index (κ1) is 24.9. The average Bonchev–Trinajstić information content (AvgIpc) is 3.82. The van der Waals surface area contributed by atoms with E-state index in [0.29, 0.717) is 18.1 Å². The average molecular weight is 534 g/mol. The van der Waals surface area contributed by atoms with Gasteiger partial charge in [0, 0.05) is 28.2 Å². The summed E-state index contributed by atoms with van der Waals surface area (Å²) >= 11 is 0. The highest BCUT2D eigenvalue weighted by atomic mass is 16.5. The summed E-state index contributed by atoms with van der Waals surface area (Å²) in [7, 11) is 0. The molecule has 4 aromatic rings. The third-order valence-corrected chi connectivity index (χ3v) is 9.21. The Bertz CT molecular complexity index is 1590. The highest BCUT2D eigenvalue weighted by Gasteiger charge is 2.46. The highest BCUT2D eigenvalue weighted by Crippen LogP contribution is 2.48. The van der Waals surface area contributed by atoms with Gasteiger partial charge in [-0.3, -0.25) is 4.79 Å². The fraction of sp³-hybridized carbons (Fsp3) is 0.353. The van der Waals surface area contributed by atoms with Gasteiger partial charge in [-0.1, -0.05) is 49.6 Å². The van der Waals surface area contributed by atoms with E-state index in [1.54, 1.807) is 12.1 Å². The molecule has 3 N–H and O–H groups in total. The molecule has 0 bridgehead atoms. The molecular weight excluding hydrogens is 498 g/mol. The van der Waals surface area contributed by atoms with E-state index in [1.165, 1.54) is 55.0 Å². The Labute approximate surface area is 234 Å². The lowest BCUT2D eigenvalue weighted by Crippen LogP contribution is -2.49. The van der Waals surface area contributed by atoms with Gasteiger partial charge in [0.05, 0.1) is 12.2 Å². The van der Waals surface area contributed by atoms with Crippen molar-refractivity contribution >= 4 is 23.0 Å². The summed E-state index contributed by atoms with van der Waals surface area (Å²) in [6.45, 7) is 1.30. The van der Waals surface area contributed by atoms with E-state index in [0.717, 1.165) is 41.8 Å². The van der Waals surface area contributed by atoms with Crippen LogP contribution in [0.25, 0.3) is 22.2 Å². The molecular formula is C34H35N3O3. The predicted octanol–water partition coefficient (Wildman–Crippen LogP) is 7.14. The third kappa shape index (κ3) is 4.09. The van der Waals surface area contributed by atoms with Crippen LogP contribution in [0.3, 0.4) is 0 Å². The van der Waals surface area contributed by atoms with E-state index in [2.05, 4.69) is 34.1 Å². The second kappa shape index (κ2) is 9.84. The molecule has 2 heterocycles. The number of amides is 1. The minimum Gasteiger partial charge on any atom is -0.508 e. The molecule has 3 aliphatic rings. The lowest BCUT2D eigenvalue weighted by Gasteiger charge is -2.32. The maximum Gasteiger partial charge on any atom is 0.252 e. The van der Waals surface area contributed by atoms with Gasteiger partial charge in [0.1, 0.15) is 23.6 Å². The third-order valence-electron chi connectivity index (χ3n) is 9.21. The molecule has 7 rings (SSSR count). The number of nitrogens with one attached hydrogen (secondary N) is 2. The van der Waals surface area contributed by atoms with Crippen molar-refractivity contribution in [3.63, 3.8) is 0 Å². The van der Waals surface area contributed by atoms with Crippen LogP contribution in [0.4, 0.5) is 0 Å². The van der Waals surface area contributed by atoms with Crippen molar-refractivity contribution in [3.8, 4) is 22.8 Å². The monoisotopic (exact) mass is 533 g/mol. The highest BCUT2D eigenvalue weighted by molar-refractivity contribution is 6.02. The van der Waals surface area contributed by atoms with Gasteiger partial charge in [0.15, 0.2) is 0 Å². The van der Waals surface area contributed by atoms with Crippen LogP contribution in [0, 0.1) is 11.3 Å². The van der Waals surface area contributed by atoms with Crippen LogP contribution in [-0.2, 0) is 12.1 Å². The van der Waals surface area contributed by atoms with Gasteiger partial charge in [-0.25, -0.2) is 0 Å². The number of phenolic OH excluding ortho intramolecular Hbond substituents is 1. The van der Waals surface area contributed by atoms with Crippen LogP contribution in [-0.4, -0.2) is 28.4 Å². The maximum atomic E-state index is 13.9. The maximum absolute atomic E-state index is 13.9. The number of phenols is 1. The number of aromatic nitrogens is 1. The van der Waals surface area contributed by atoms with Crippen LogP contribution < -0.4 is 10.1 Å². The summed E-state index contributed by atoms with van der Waals surface area (Å²) < 4.78 is 8.55. The van der Waals surface area contributed by atoms with E-state index in [-0.39, 0.29) is 17.6 Å². The minimum atomic E-state index is -0.893. The summed E-state index contributed by atoms with van der Waals surface area (Å²) in [6, 6.07) is 21.3. The number of para-hydroxylation sites is 1. The van der Waals surface area contributed by atoms with Crippen molar-refractivity contribution in [1.29, 1.82) is 5.41 Å². The van der Waals surface area contributed by atoms with Crippen molar-refractivity contribution in [2.24, 2.45) is 5.92 Å². The number of nitrogens with zero attached hydrogens (tertiary/aromatic N) is 1. The van der Waals surface area contributed by atoms with Crippen molar-refractivity contribution < 1.29 is 14.6 Å². The fourth-order valence-electron chi connectivity index (χ4n) is 7.06. The van der Waals surface area contributed by atoms with Crippen molar-refractivity contribution in [2.75, 3.05) is 6.61 Å². The van der Waals surface area contributed by atoms with Gasteiger partial charge in [-0.2, -0.15) is 0 Å². The van der Waals surface area contributed by atoms with Crippen molar-refractivity contribution in [2.45, 2.75) is 62.9 Å². The molecule has 0 saturated heterocycles. The molecule has 1 amide bonds. The summed E-state index contributed by atoms with van der Waals surface area (Å²) in [5.74, 6) is 1.56. The quantitative estimate of drug-likeness (QED) is 0.230. The van der Waals surface area contributed by atoms with Gasteiger partial charge in [-0.05, 0) is 85.0 Å². The molecule has 204 valence electrons. The molecule has 1 aliphatic heterocycles. The number of benzene rings is 3. The van der Waals surface area contributed by atoms with Crippen LogP contribution >= 0.6 is 0 Å². The Kier molecular flexibility index (Phi) is 6.14. The smallest absolute Gasteiger partial charge is 0.252 e. The van der Waals surface area contributed by atoms with Crippen molar-refractivity contribution in [3.05, 3.63) is 83.4 Å². The predicted molar refractivity (Wildman–Crippen MR) is 157 cm³/mol. The number of fused-ring (bicyclic) bond motifs is 5. The molecule has 2 aliphatic carbocycles. The minimum absolute atomic E-state index is 0.165. The lowest BCUT2D eigenvalue weighted by molar-refractivity contribution is 0.0915. The molecule has 6 nitrogen and oxygen atoms in total. The molecule has 0 radical (unpaired) electrons. The zero-order valence-corrected chi connectivity index (χ0v) is 22.7. The van der Waals surface area contributed by atoms with E-state index in [9.17, 15) is 9.90 Å². The molecule has 1 atom stereocenters. The molecule has 2 fully saturated rings. The summed E-state index contributed by atoms with van der Waals surface area (Å²) in [4.78, 5) is 13.9. The van der Waals surface area contributed by atoms with E-state index >= 15 is 0 Å². The van der Waals surface area contributed by atoms with E-state index in [4.69, 9.17) is 10.1 Å². The Balaban J connectivity index is 1.34. The molecule has 2 saturated carbocycles. The number of rotatable bonds is 6. The Morgan fingerprint density at radius 2 is 1.77 bits per heavy atom. The number of aromatic hydroxyl groups is 1. The molecule has 6 heteroatoms. The van der Waals surface area contributed by atoms with E-state index < -0.39 is 5.54 Å². The van der Waals surface area contributed by atoms with Crippen LogP contribution in [0.5, 0.6) is 11.5 Å².